The van der Waals surface area contributed by atoms with Crippen LogP contribution >= 0.6 is 0 Å². The number of rotatable bonds is 6. The maximum Gasteiger partial charge on any atom is 0.203 e. The predicted molar refractivity (Wildman–Crippen MR) is 76.7 cm³/mol. The van der Waals surface area contributed by atoms with Crippen molar-refractivity contribution in [3.05, 3.63) is 25.0 Å². The van der Waals surface area contributed by atoms with E-state index in [4.69, 9.17) is 0 Å². The molecule has 0 bridgehead atoms. The first-order valence-electron chi connectivity index (χ1n) is 7.15. The maximum absolute atomic E-state index is 4.34. The molecule has 100 valence electrons. The Morgan fingerprint density at radius 1 is 1.56 bits per heavy atom. The molecule has 1 fully saturated rings. The quantitative estimate of drug-likeness (QED) is 0.777. The lowest BCUT2D eigenvalue weighted by molar-refractivity contribution is 0.274. The minimum atomic E-state index is 0.822. The van der Waals surface area contributed by atoms with Crippen LogP contribution in [0, 0.1) is 11.8 Å². The molecule has 0 saturated heterocycles. The van der Waals surface area contributed by atoms with Crippen LogP contribution in [0.1, 0.15) is 39.0 Å². The molecular formula is C15H25N3. The third-order valence-electron chi connectivity index (χ3n) is 3.92. The number of nitrogens with one attached hydrogen (secondary N) is 1. The minimum absolute atomic E-state index is 0.822. The number of nitrogens with zero attached hydrogens (tertiary/aromatic N) is 2. The molecule has 1 aromatic rings. The van der Waals surface area contributed by atoms with E-state index in [0.717, 1.165) is 30.9 Å². The van der Waals surface area contributed by atoms with Crippen molar-refractivity contribution in [3.8, 4) is 0 Å². The summed E-state index contributed by atoms with van der Waals surface area (Å²) in [6.45, 7) is 8.00. The van der Waals surface area contributed by atoms with Crippen LogP contribution in [0.5, 0.6) is 0 Å². The van der Waals surface area contributed by atoms with E-state index in [-0.39, 0.29) is 0 Å². The molecule has 0 amide bonds. The molecule has 1 aromatic heterocycles. The molecule has 0 spiro atoms. The van der Waals surface area contributed by atoms with Crippen LogP contribution in [0.4, 0.5) is 5.95 Å². The number of hydrogen-bond donors (Lipinski definition) is 1. The molecule has 2 atom stereocenters. The first-order valence-corrected chi connectivity index (χ1v) is 7.15. The van der Waals surface area contributed by atoms with E-state index < -0.39 is 0 Å². The summed E-state index contributed by atoms with van der Waals surface area (Å²) >= 11 is 0. The van der Waals surface area contributed by atoms with Crippen LogP contribution in [0.2, 0.25) is 0 Å². The molecule has 18 heavy (non-hydrogen) atoms. The smallest absolute Gasteiger partial charge is 0.203 e. The zero-order valence-corrected chi connectivity index (χ0v) is 11.4. The Labute approximate surface area is 110 Å². The highest BCUT2D eigenvalue weighted by atomic mass is 15.2. The fourth-order valence-electron chi connectivity index (χ4n) is 2.97. The highest BCUT2D eigenvalue weighted by molar-refractivity contribution is 5.25. The first kappa shape index (κ1) is 13.2. The molecule has 2 unspecified atom stereocenters. The molecule has 1 saturated carbocycles. The number of anilines is 1. The van der Waals surface area contributed by atoms with Gasteiger partial charge in [0.15, 0.2) is 0 Å². The average Bonchev–Trinajstić information content (AvgIpc) is 2.78. The van der Waals surface area contributed by atoms with Crippen molar-refractivity contribution in [3.63, 3.8) is 0 Å². The van der Waals surface area contributed by atoms with Crippen molar-refractivity contribution in [2.75, 3.05) is 11.9 Å². The number of allylic oxidation sites excluding steroid dienone is 1. The second-order valence-corrected chi connectivity index (χ2v) is 5.55. The molecule has 1 aliphatic rings. The van der Waals surface area contributed by atoms with Crippen molar-refractivity contribution in [2.45, 2.75) is 45.6 Å². The van der Waals surface area contributed by atoms with Crippen LogP contribution in [-0.2, 0) is 6.54 Å². The Bertz CT molecular complexity index is 370. The topological polar surface area (TPSA) is 29.9 Å². The van der Waals surface area contributed by atoms with Crippen molar-refractivity contribution < 1.29 is 0 Å². The summed E-state index contributed by atoms with van der Waals surface area (Å²) in [6, 6.07) is 0. The minimum Gasteiger partial charge on any atom is -0.356 e. The van der Waals surface area contributed by atoms with Gasteiger partial charge in [0, 0.05) is 25.5 Å². The Morgan fingerprint density at radius 3 is 3.22 bits per heavy atom. The third kappa shape index (κ3) is 3.62. The lowest BCUT2D eigenvalue weighted by Gasteiger charge is -2.26. The van der Waals surface area contributed by atoms with Gasteiger partial charge >= 0.3 is 0 Å². The van der Waals surface area contributed by atoms with E-state index in [1.807, 2.05) is 18.5 Å². The summed E-state index contributed by atoms with van der Waals surface area (Å²) in [5.41, 5.74) is 0. The van der Waals surface area contributed by atoms with Gasteiger partial charge in [0.2, 0.25) is 5.95 Å². The zero-order valence-electron chi connectivity index (χ0n) is 11.4. The molecule has 0 aromatic carbocycles. The normalized spacial score (nSPS) is 23.8. The van der Waals surface area contributed by atoms with Gasteiger partial charge < -0.3 is 9.88 Å². The van der Waals surface area contributed by atoms with Gasteiger partial charge in [0.25, 0.3) is 0 Å². The monoisotopic (exact) mass is 247 g/mol. The summed E-state index contributed by atoms with van der Waals surface area (Å²) in [6.07, 6.45) is 12.7. The molecule has 1 aliphatic carbocycles. The Balaban J connectivity index is 1.74. The van der Waals surface area contributed by atoms with Gasteiger partial charge in [-0.2, -0.15) is 0 Å². The van der Waals surface area contributed by atoms with Crippen molar-refractivity contribution >= 4 is 5.95 Å². The standard InChI is InChI=1S/C15H25N3/c1-3-10-18-11-9-17-15(18)16-8-7-14-6-4-5-13(2)12-14/h3,9,11,13-14H,1,4-8,10,12H2,2H3,(H,16,17). The van der Waals surface area contributed by atoms with E-state index in [1.54, 1.807) is 0 Å². The molecular weight excluding hydrogens is 222 g/mol. The van der Waals surface area contributed by atoms with Gasteiger partial charge in [-0.25, -0.2) is 4.98 Å². The Kier molecular flexibility index (Phi) is 4.85. The fourth-order valence-corrected chi connectivity index (χ4v) is 2.97. The lowest BCUT2D eigenvalue weighted by Crippen LogP contribution is -2.17. The van der Waals surface area contributed by atoms with E-state index in [1.165, 1.54) is 32.1 Å². The van der Waals surface area contributed by atoms with E-state index in [0.29, 0.717) is 0 Å². The van der Waals surface area contributed by atoms with Crippen molar-refractivity contribution in [2.24, 2.45) is 11.8 Å². The highest BCUT2D eigenvalue weighted by Gasteiger charge is 2.18. The molecule has 3 heteroatoms. The van der Waals surface area contributed by atoms with E-state index in [2.05, 4.69) is 28.4 Å². The maximum atomic E-state index is 4.34. The Hall–Kier alpha value is -1.25. The Morgan fingerprint density at radius 2 is 2.44 bits per heavy atom. The first-order chi connectivity index (χ1) is 8.79. The second kappa shape index (κ2) is 6.62. The zero-order chi connectivity index (χ0) is 12.8. The molecule has 1 heterocycles. The predicted octanol–water partition coefficient (Wildman–Crippen LogP) is 3.70. The van der Waals surface area contributed by atoms with Crippen LogP contribution in [0.15, 0.2) is 25.0 Å². The second-order valence-electron chi connectivity index (χ2n) is 5.55. The molecule has 1 N–H and O–H groups in total. The summed E-state index contributed by atoms with van der Waals surface area (Å²) in [4.78, 5) is 4.34. The van der Waals surface area contributed by atoms with Crippen LogP contribution in [0.3, 0.4) is 0 Å². The summed E-state index contributed by atoms with van der Waals surface area (Å²) in [7, 11) is 0. The summed E-state index contributed by atoms with van der Waals surface area (Å²) in [5, 5.41) is 3.44. The molecule has 0 aliphatic heterocycles. The molecule has 2 rings (SSSR count). The summed E-state index contributed by atoms with van der Waals surface area (Å²) in [5.74, 6) is 2.80. The number of hydrogen-bond acceptors (Lipinski definition) is 2. The van der Waals surface area contributed by atoms with Gasteiger partial charge in [-0.05, 0) is 24.7 Å². The van der Waals surface area contributed by atoms with Crippen LogP contribution in [0.25, 0.3) is 0 Å². The highest BCUT2D eigenvalue weighted by Crippen LogP contribution is 2.30. The van der Waals surface area contributed by atoms with Gasteiger partial charge in [0.1, 0.15) is 0 Å². The van der Waals surface area contributed by atoms with Crippen LogP contribution < -0.4 is 5.32 Å². The van der Waals surface area contributed by atoms with Crippen molar-refractivity contribution in [1.82, 2.24) is 9.55 Å². The van der Waals surface area contributed by atoms with Crippen LogP contribution in [-0.4, -0.2) is 16.1 Å². The van der Waals surface area contributed by atoms with Gasteiger partial charge in [-0.3, -0.25) is 0 Å². The average molecular weight is 247 g/mol. The number of aromatic nitrogens is 2. The van der Waals surface area contributed by atoms with E-state index in [9.17, 15) is 0 Å². The SMILES string of the molecule is C=CCn1ccnc1NCCC1CCCC(C)C1. The van der Waals surface area contributed by atoms with Gasteiger partial charge in [-0.15, -0.1) is 6.58 Å². The van der Waals surface area contributed by atoms with E-state index >= 15 is 0 Å². The number of imidazole rings is 1. The largest absolute Gasteiger partial charge is 0.356 e. The third-order valence-corrected chi connectivity index (χ3v) is 3.92. The summed E-state index contributed by atoms with van der Waals surface area (Å²) < 4.78 is 2.09. The molecule has 0 radical (unpaired) electrons. The molecule has 3 nitrogen and oxygen atoms in total. The van der Waals surface area contributed by atoms with Gasteiger partial charge in [0.05, 0.1) is 0 Å². The van der Waals surface area contributed by atoms with Crippen molar-refractivity contribution in [1.29, 1.82) is 0 Å². The fraction of sp³-hybridized carbons (Fsp3) is 0.667. The lowest BCUT2D eigenvalue weighted by atomic mass is 9.81. The van der Waals surface area contributed by atoms with Gasteiger partial charge in [-0.1, -0.05) is 32.3 Å².